The minimum absolute atomic E-state index is 0.183. The van der Waals surface area contributed by atoms with E-state index in [1.807, 2.05) is 67.5 Å². The Morgan fingerprint density at radius 1 is 0.962 bits per heavy atom. The predicted molar refractivity (Wildman–Crippen MR) is 103 cm³/mol. The molecule has 0 N–H and O–H groups in total. The number of furan rings is 1. The summed E-state index contributed by atoms with van der Waals surface area (Å²) in [6.07, 6.45) is 1.51. The molecule has 0 saturated heterocycles. The molecule has 0 unspecified atom stereocenters. The average Bonchev–Trinajstić information content (AvgIpc) is 3.21. The van der Waals surface area contributed by atoms with Crippen molar-refractivity contribution in [3.63, 3.8) is 0 Å². The van der Waals surface area contributed by atoms with E-state index in [0.717, 1.165) is 22.7 Å². The zero-order valence-electron chi connectivity index (χ0n) is 15.2. The fraction of sp³-hybridized carbons (Fsp3) is 0.190. The number of nitrogens with zero attached hydrogens (tertiary/aromatic N) is 2. The third-order valence-electron chi connectivity index (χ3n) is 4.15. The normalized spacial score (nSPS) is 10.4. The molecule has 5 heteroatoms. The molecule has 3 rings (SSSR count). The van der Waals surface area contributed by atoms with Crippen LogP contribution < -0.4 is 14.5 Å². The van der Waals surface area contributed by atoms with Crippen molar-refractivity contribution in [1.29, 1.82) is 0 Å². The molecule has 0 aliphatic heterocycles. The number of hydrogen-bond acceptors (Lipinski definition) is 4. The Bertz CT molecular complexity index is 838. The van der Waals surface area contributed by atoms with Crippen LogP contribution in [0.4, 0.5) is 11.4 Å². The number of ether oxygens (including phenoxy) is 1. The van der Waals surface area contributed by atoms with E-state index in [-0.39, 0.29) is 5.91 Å². The monoisotopic (exact) mass is 350 g/mol. The maximum absolute atomic E-state index is 12.9. The highest BCUT2D eigenvalue weighted by molar-refractivity contribution is 6.04. The average molecular weight is 350 g/mol. The lowest BCUT2D eigenvalue weighted by atomic mass is 10.1. The van der Waals surface area contributed by atoms with Gasteiger partial charge in [0.1, 0.15) is 5.75 Å². The van der Waals surface area contributed by atoms with Crippen molar-refractivity contribution >= 4 is 17.3 Å². The summed E-state index contributed by atoms with van der Waals surface area (Å²) in [7, 11) is 5.62. The SMILES string of the molecule is COc1ccc(N(Cc2ccc(N(C)C)cc2)C(=O)c2ccco2)cc1. The Morgan fingerprint density at radius 2 is 1.62 bits per heavy atom. The van der Waals surface area contributed by atoms with E-state index in [4.69, 9.17) is 9.15 Å². The standard InChI is InChI=1S/C21H22N2O3/c1-22(2)17-8-6-16(7-9-17)15-23(21(24)20-5-4-14-26-20)18-10-12-19(25-3)13-11-18/h4-14H,15H2,1-3H3. The van der Waals surface area contributed by atoms with Crippen molar-refractivity contribution in [3.8, 4) is 5.75 Å². The summed E-state index contributed by atoms with van der Waals surface area (Å²) in [5, 5.41) is 0. The number of carbonyl (C=O) groups is 1. The van der Waals surface area contributed by atoms with Gasteiger partial charge >= 0.3 is 0 Å². The maximum Gasteiger partial charge on any atom is 0.294 e. The van der Waals surface area contributed by atoms with Crippen molar-refractivity contribution in [2.24, 2.45) is 0 Å². The Labute approximate surface area is 153 Å². The van der Waals surface area contributed by atoms with Crippen molar-refractivity contribution in [3.05, 3.63) is 78.3 Å². The number of carbonyl (C=O) groups excluding carboxylic acids is 1. The summed E-state index contributed by atoms with van der Waals surface area (Å²) in [6, 6.07) is 18.9. The number of anilines is 2. The smallest absolute Gasteiger partial charge is 0.294 e. The molecule has 2 aromatic carbocycles. The Morgan fingerprint density at radius 3 is 2.15 bits per heavy atom. The second kappa shape index (κ2) is 7.78. The predicted octanol–water partition coefficient (Wildman–Crippen LogP) is 4.20. The number of amides is 1. The quantitative estimate of drug-likeness (QED) is 0.668. The number of hydrogen-bond donors (Lipinski definition) is 0. The fourth-order valence-corrected chi connectivity index (χ4v) is 2.66. The van der Waals surface area contributed by atoms with Gasteiger partial charge in [0, 0.05) is 25.5 Å². The molecule has 0 aliphatic carbocycles. The Hall–Kier alpha value is -3.21. The minimum Gasteiger partial charge on any atom is -0.497 e. The molecule has 0 saturated carbocycles. The van der Waals surface area contributed by atoms with Gasteiger partial charge in [0.25, 0.3) is 5.91 Å². The van der Waals surface area contributed by atoms with Crippen molar-refractivity contribution in [2.75, 3.05) is 31.0 Å². The highest BCUT2D eigenvalue weighted by Gasteiger charge is 2.20. The Balaban J connectivity index is 1.90. The van der Waals surface area contributed by atoms with E-state index in [0.29, 0.717) is 12.3 Å². The molecule has 0 spiro atoms. The largest absolute Gasteiger partial charge is 0.497 e. The van der Waals surface area contributed by atoms with Gasteiger partial charge in [0.15, 0.2) is 5.76 Å². The van der Waals surface area contributed by atoms with E-state index >= 15 is 0 Å². The van der Waals surface area contributed by atoms with Crippen LogP contribution in [0.2, 0.25) is 0 Å². The van der Waals surface area contributed by atoms with Crippen LogP contribution in [0.3, 0.4) is 0 Å². The van der Waals surface area contributed by atoms with Crippen LogP contribution in [0.25, 0.3) is 0 Å². The van der Waals surface area contributed by atoms with Gasteiger partial charge in [-0.2, -0.15) is 0 Å². The summed E-state index contributed by atoms with van der Waals surface area (Å²) in [5.41, 5.74) is 2.93. The molecule has 0 bridgehead atoms. The summed E-state index contributed by atoms with van der Waals surface area (Å²) < 4.78 is 10.5. The number of methoxy groups -OCH3 is 1. The highest BCUT2D eigenvalue weighted by Crippen LogP contribution is 2.24. The summed E-state index contributed by atoms with van der Waals surface area (Å²) >= 11 is 0. The molecule has 3 aromatic rings. The van der Waals surface area contributed by atoms with Gasteiger partial charge in [-0.15, -0.1) is 0 Å². The molecule has 0 radical (unpaired) electrons. The van der Waals surface area contributed by atoms with Crippen LogP contribution >= 0.6 is 0 Å². The zero-order valence-corrected chi connectivity index (χ0v) is 15.2. The van der Waals surface area contributed by atoms with Crippen LogP contribution in [0.15, 0.2) is 71.3 Å². The fourth-order valence-electron chi connectivity index (χ4n) is 2.66. The van der Waals surface area contributed by atoms with E-state index in [2.05, 4.69) is 0 Å². The topological polar surface area (TPSA) is 45.9 Å². The van der Waals surface area contributed by atoms with Crippen LogP contribution in [0, 0.1) is 0 Å². The second-order valence-corrected chi connectivity index (χ2v) is 6.13. The van der Waals surface area contributed by atoms with Crippen molar-refractivity contribution in [2.45, 2.75) is 6.54 Å². The van der Waals surface area contributed by atoms with Gasteiger partial charge in [-0.3, -0.25) is 4.79 Å². The molecular formula is C21H22N2O3. The Kier molecular flexibility index (Phi) is 5.27. The molecule has 5 nitrogen and oxygen atoms in total. The number of rotatable bonds is 6. The summed E-state index contributed by atoms with van der Waals surface area (Å²) in [5.74, 6) is 0.872. The summed E-state index contributed by atoms with van der Waals surface area (Å²) in [4.78, 5) is 16.7. The molecule has 0 fully saturated rings. The van der Waals surface area contributed by atoms with E-state index < -0.39 is 0 Å². The maximum atomic E-state index is 12.9. The lowest BCUT2D eigenvalue weighted by molar-refractivity contribution is 0.0958. The van der Waals surface area contributed by atoms with E-state index in [1.165, 1.54) is 6.26 Å². The molecule has 0 aliphatic rings. The third-order valence-corrected chi connectivity index (χ3v) is 4.15. The van der Waals surface area contributed by atoms with Gasteiger partial charge < -0.3 is 19.0 Å². The highest BCUT2D eigenvalue weighted by atomic mass is 16.5. The van der Waals surface area contributed by atoms with Crippen LogP contribution in [0.1, 0.15) is 16.1 Å². The lowest BCUT2D eigenvalue weighted by Crippen LogP contribution is -2.30. The van der Waals surface area contributed by atoms with Crippen LogP contribution in [-0.2, 0) is 6.54 Å². The first-order valence-corrected chi connectivity index (χ1v) is 8.34. The van der Waals surface area contributed by atoms with Gasteiger partial charge in [-0.05, 0) is 54.1 Å². The zero-order chi connectivity index (χ0) is 18.5. The first-order chi connectivity index (χ1) is 12.6. The van der Waals surface area contributed by atoms with E-state index in [1.54, 1.807) is 24.1 Å². The van der Waals surface area contributed by atoms with Crippen LogP contribution in [0.5, 0.6) is 5.75 Å². The molecule has 0 atom stereocenters. The first kappa shape index (κ1) is 17.6. The lowest BCUT2D eigenvalue weighted by Gasteiger charge is -2.23. The number of benzene rings is 2. The molecule has 1 heterocycles. The minimum atomic E-state index is -0.183. The van der Waals surface area contributed by atoms with Gasteiger partial charge in [0.2, 0.25) is 0 Å². The van der Waals surface area contributed by atoms with Crippen LogP contribution in [-0.4, -0.2) is 27.1 Å². The third kappa shape index (κ3) is 3.88. The van der Waals surface area contributed by atoms with E-state index in [9.17, 15) is 4.79 Å². The molecule has 1 aromatic heterocycles. The second-order valence-electron chi connectivity index (χ2n) is 6.13. The van der Waals surface area contributed by atoms with Gasteiger partial charge in [0.05, 0.1) is 19.9 Å². The molecular weight excluding hydrogens is 328 g/mol. The molecule has 1 amide bonds. The summed E-state index contributed by atoms with van der Waals surface area (Å²) in [6.45, 7) is 0.444. The first-order valence-electron chi connectivity index (χ1n) is 8.34. The van der Waals surface area contributed by atoms with Crippen molar-refractivity contribution in [1.82, 2.24) is 0 Å². The van der Waals surface area contributed by atoms with Crippen molar-refractivity contribution < 1.29 is 13.9 Å². The molecule has 26 heavy (non-hydrogen) atoms. The van der Waals surface area contributed by atoms with Gasteiger partial charge in [-0.1, -0.05) is 12.1 Å². The molecule has 134 valence electrons. The van der Waals surface area contributed by atoms with Gasteiger partial charge in [-0.25, -0.2) is 0 Å².